The third-order valence-corrected chi connectivity index (χ3v) is 3.80. The first-order valence-electron chi connectivity index (χ1n) is 6.72. The molecule has 0 amide bonds. The molecule has 0 atom stereocenters. The first kappa shape index (κ1) is 15.8. The topological polar surface area (TPSA) is 56.6 Å². The summed E-state index contributed by atoms with van der Waals surface area (Å²) in [5, 5.41) is 20.3. The van der Waals surface area contributed by atoms with Gasteiger partial charge >= 0.3 is 0 Å². The van der Waals surface area contributed by atoms with Crippen LogP contribution in [-0.4, -0.2) is 27.1 Å². The number of hydrogen-bond donors (Lipinski definition) is 2. The third kappa shape index (κ3) is 3.73. The van der Waals surface area contributed by atoms with Crippen LogP contribution in [0.1, 0.15) is 22.4 Å². The van der Waals surface area contributed by atoms with E-state index >= 15 is 0 Å². The molecule has 0 saturated carbocycles. The van der Waals surface area contributed by atoms with E-state index in [1.54, 1.807) is 13.1 Å². The van der Waals surface area contributed by atoms with Crippen LogP contribution in [0.2, 0.25) is 5.02 Å². The van der Waals surface area contributed by atoms with Crippen molar-refractivity contribution in [3.05, 3.63) is 57.9 Å². The van der Waals surface area contributed by atoms with Gasteiger partial charge in [0.25, 0.3) is 0 Å². The van der Waals surface area contributed by atoms with E-state index in [9.17, 15) is 10.2 Å². The standard InChI is InChI=1S/C16H19ClN2O2/c1-11-16(21)14(13(10-20)7-18-11)9-19(2)8-12-5-3-4-6-15(12)17/h3-7,20-21H,8-10H2,1-2H3. The van der Waals surface area contributed by atoms with Crippen LogP contribution in [-0.2, 0) is 19.7 Å². The molecule has 5 heteroatoms. The van der Waals surface area contributed by atoms with E-state index in [0.717, 1.165) is 10.6 Å². The SMILES string of the molecule is Cc1ncc(CO)c(CN(C)Cc2ccccc2Cl)c1O. The van der Waals surface area contributed by atoms with E-state index in [-0.39, 0.29) is 12.4 Å². The molecule has 0 spiro atoms. The molecule has 1 aromatic carbocycles. The second kappa shape index (κ2) is 6.89. The number of aliphatic hydroxyl groups is 1. The van der Waals surface area contributed by atoms with Gasteiger partial charge in [-0.1, -0.05) is 29.8 Å². The van der Waals surface area contributed by atoms with Crippen molar-refractivity contribution in [2.24, 2.45) is 0 Å². The summed E-state index contributed by atoms with van der Waals surface area (Å²) < 4.78 is 0. The summed E-state index contributed by atoms with van der Waals surface area (Å²) in [5.41, 5.74) is 2.94. The summed E-state index contributed by atoms with van der Waals surface area (Å²) in [5.74, 6) is 0.146. The van der Waals surface area contributed by atoms with Gasteiger partial charge in [-0.3, -0.25) is 9.88 Å². The Morgan fingerprint density at radius 1 is 1.19 bits per heavy atom. The number of pyridine rings is 1. The summed E-state index contributed by atoms with van der Waals surface area (Å²) in [6, 6.07) is 7.68. The van der Waals surface area contributed by atoms with Gasteiger partial charge in [-0.15, -0.1) is 0 Å². The van der Waals surface area contributed by atoms with Crippen molar-refractivity contribution in [1.29, 1.82) is 0 Å². The van der Waals surface area contributed by atoms with Crippen LogP contribution in [0.4, 0.5) is 0 Å². The van der Waals surface area contributed by atoms with Gasteiger partial charge in [-0.25, -0.2) is 0 Å². The largest absolute Gasteiger partial charge is 0.506 e. The van der Waals surface area contributed by atoms with Gasteiger partial charge in [0.05, 0.1) is 12.3 Å². The van der Waals surface area contributed by atoms with Crippen LogP contribution < -0.4 is 0 Å². The Balaban J connectivity index is 2.18. The fourth-order valence-corrected chi connectivity index (χ4v) is 2.44. The predicted molar refractivity (Wildman–Crippen MR) is 83.2 cm³/mol. The van der Waals surface area contributed by atoms with Gasteiger partial charge in [0, 0.05) is 35.4 Å². The molecule has 0 radical (unpaired) electrons. The van der Waals surface area contributed by atoms with Crippen LogP contribution in [0.15, 0.2) is 30.5 Å². The van der Waals surface area contributed by atoms with E-state index in [1.807, 2.05) is 36.2 Å². The molecule has 0 aliphatic heterocycles. The molecule has 0 saturated heterocycles. The third-order valence-electron chi connectivity index (χ3n) is 3.43. The maximum atomic E-state index is 10.2. The lowest BCUT2D eigenvalue weighted by atomic mass is 10.1. The minimum absolute atomic E-state index is 0.143. The summed E-state index contributed by atoms with van der Waals surface area (Å²) in [7, 11) is 1.94. The van der Waals surface area contributed by atoms with Crippen LogP contribution in [0.25, 0.3) is 0 Å². The molecule has 112 valence electrons. The number of hydrogen-bond acceptors (Lipinski definition) is 4. The van der Waals surface area contributed by atoms with Crippen molar-refractivity contribution in [2.45, 2.75) is 26.6 Å². The molecule has 2 N–H and O–H groups in total. The molecule has 0 aliphatic carbocycles. The molecular weight excluding hydrogens is 288 g/mol. The number of aromatic hydroxyl groups is 1. The molecule has 0 bridgehead atoms. The molecule has 0 fully saturated rings. The van der Waals surface area contributed by atoms with Gasteiger partial charge in [-0.05, 0) is 25.6 Å². The van der Waals surface area contributed by atoms with Crippen molar-refractivity contribution in [1.82, 2.24) is 9.88 Å². The Labute approximate surface area is 129 Å². The zero-order valence-electron chi connectivity index (χ0n) is 12.2. The molecule has 21 heavy (non-hydrogen) atoms. The van der Waals surface area contributed by atoms with Crippen LogP contribution in [0, 0.1) is 6.92 Å². The number of aliphatic hydroxyl groups excluding tert-OH is 1. The van der Waals surface area contributed by atoms with Gasteiger partial charge in [-0.2, -0.15) is 0 Å². The maximum absolute atomic E-state index is 10.2. The first-order chi connectivity index (χ1) is 10.0. The first-order valence-corrected chi connectivity index (χ1v) is 7.09. The molecule has 2 rings (SSSR count). The summed E-state index contributed by atoms with van der Waals surface area (Å²) >= 11 is 6.16. The van der Waals surface area contributed by atoms with Crippen LogP contribution in [0.5, 0.6) is 5.75 Å². The highest BCUT2D eigenvalue weighted by Gasteiger charge is 2.14. The highest BCUT2D eigenvalue weighted by Crippen LogP contribution is 2.26. The van der Waals surface area contributed by atoms with Gasteiger partial charge in [0.2, 0.25) is 0 Å². The zero-order valence-corrected chi connectivity index (χ0v) is 12.9. The molecule has 0 unspecified atom stereocenters. The summed E-state index contributed by atoms with van der Waals surface area (Å²) in [6.45, 7) is 2.77. The smallest absolute Gasteiger partial charge is 0.141 e. The number of aryl methyl sites for hydroxylation is 1. The quantitative estimate of drug-likeness (QED) is 0.892. The minimum Gasteiger partial charge on any atom is -0.506 e. The van der Waals surface area contributed by atoms with Gasteiger partial charge in [0.1, 0.15) is 5.75 Å². The number of rotatable bonds is 5. The molecule has 2 aromatic rings. The lowest BCUT2D eigenvalue weighted by molar-refractivity contribution is 0.270. The Hall–Kier alpha value is -1.62. The van der Waals surface area contributed by atoms with Crippen molar-refractivity contribution in [2.75, 3.05) is 7.05 Å². The molecular formula is C16H19ClN2O2. The second-order valence-electron chi connectivity index (χ2n) is 5.12. The van der Waals surface area contributed by atoms with E-state index in [4.69, 9.17) is 11.6 Å². The van der Waals surface area contributed by atoms with E-state index < -0.39 is 0 Å². The Morgan fingerprint density at radius 2 is 1.90 bits per heavy atom. The number of halogens is 1. The highest BCUT2D eigenvalue weighted by atomic mass is 35.5. The molecule has 0 aliphatic rings. The molecule has 4 nitrogen and oxygen atoms in total. The van der Waals surface area contributed by atoms with Crippen LogP contribution >= 0.6 is 11.6 Å². The molecule has 1 heterocycles. The number of nitrogens with zero attached hydrogens (tertiary/aromatic N) is 2. The lowest BCUT2D eigenvalue weighted by Crippen LogP contribution is -2.19. The monoisotopic (exact) mass is 306 g/mol. The molecule has 1 aromatic heterocycles. The average Bonchev–Trinajstić information content (AvgIpc) is 2.47. The predicted octanol–water partition coefficient (Wildman–Crippen LogP) is 2.87. The van der Waals surface area contributed by atoms with Crippen LogP contribution in [0.3, 0.4) is 0 Å². The van der Waals surface area contributed by atoms with Crippen molar-refractivity contribution in [3.63, 3.8) is 0 Å². The average molecular weight is 307 g/mol. The van der Waals surface area contributed by atoms with E-state index in [1.165, 1.54) is 0 Å². The van der Waals surface area contributed by atoms with Gasteiger partial charge in [0.15, 0.2) is 0 Å². The maximum Gasteiger partial charge on any atom is 0.141 e. The van der Waals surface area contributed by atoms with E-state index in [2.05, 4.69) is 4.98 Å². The normalized spacial score (nSPS) is 11.1. The number of benzene rings is 1. The Bertz CT molecular complexity index is 632. The van der Waals surface area contributed by atoms with Crippen molar-refractivity contribution < 1.29 is 10.2 Å². The number of aromatic nitrogens is 1. The highest BCUT2D eigenvalue weighted by molar-refractivity contribution is 6.31. The summed E-state index contributed by atoms with van der Waals surface area (Å²) in [4.78, 5) is 6.10. The lowest BCUT2D eigenvalue weighted by Gasteiger charge is -2.20. The fourth-order valence-electron chi connectivity index (χ4n) is 2.24. The Morgan fingerprint density at radius 3 is 2.57 bits per heavy atom. The Kier molecular flexibility index (Phi) is 5.17. The van der Waals surface area contributed by atoms with Crippen molar-refractivity contribution >= 4 is 11.6 Å². The van der Waals surface area contributed by atoms with Gasteiger partial charge < -0.3 is 10.2 Å². The second-order valence-corrected chi connectivity index (χ2v) is 5.53. The van der Waals surface area contributed by atoms with E-state index in [0.29, 0.717) is 29.9 Å². The minimum atomic E-state index is -0.143. The summed E-state index contributed by atoms with van der Waals surface area (Å²) in [6.07, 6.45) is 1.60. The van der Waals surface area contributed by atoms with Crippen molar-refractivity contribution in [3.8, 4) is 5.75 Å². The fraction of sp³-hybridized carbons (Fsp3) is 0.312. The zero-order chi connectivity index (χ0) is 15.4.